The number of amides is 2. The summed E-state index contributed by atoms with van der Waals surface area (Å²) < 4.78 is 0. The second-order valence-corrected chi connectivity index (χ2v) is 5.52. The molecule has 0 aliphatic carbocycles. The van der Waals surface area contributed by atoms with Gasteiger partial charge >= 0.3 is 0 Å². The largest absolute Gasteiger partial charge is 0.339 e. The van der Waals surface area contributed by atoms with Crippen molar-refractivity contribution in [1.29, 1.82) is 0 Å². The van der Waals surface area contributed by atoms with Crippen LogP contribution in [0.15, 0.2) is 30.3 Å². The zero-order chi connectivity index (χ0) is 14.2. The lowest BCUT2D eigenvalue weighted by Crippen LogP contribution is -2.47. The molecule has 0 unspecified atom stereocenters. The van der Waals surface area contributed by atoms with Gasteiger partial charge in [0.1, 0.15) is 0 Å². The number of para-hydroxylation sites is 1. The first-order valence-electron chi connectivity index (χ1n) is 6.67. The van der Waals surface area contributed by atoms with Gasteiger partial charge in [-0.05, 0) is 12.1 Å². The van der Waals surface area contributed by atoms with E-state index < -0.39 is 0 Å². The van der Waals surface area contributed by atoms with Crippen molar-refractivity contribution in [1.82, 2.24) is 10.2 Å². The van der Waals surface area contributed by atoms with Crippen LogP contribution >= 0.6 is 11.8 Å². The molecule has 5 nitrogen and oxygen atoms in total. The first-order valence-corrected chi connectivity index (χ1v) is 7.82. The van der Waals surface area contributed by atoms with Crippen LogP contribution in [0.1, 0.15) is 0 Å². The Bertz CT molecular complexity index is 447. The normalized spacial score (nSPS) is 14.9. The van der Waals surface area contributed by atoms with Gasteiger partial charge in [0.05, 0.1) is 11.5 Å². The highest BCUT2D eigenvalue weighted by atomic mass is 32.2. The predicted molar refractivity (Wildman–Crippen MR) is 81.8 cm³/mol. The Balaban J connectivity index is 1.65. The molecule has 0 bridgehead atoms. The molecule has 108 valence electrons. The first-order chi connectivity index (χ1) is 9.75. The van der Waals surface area contributed by atoms with Crippen molar-refractivity contribution in [3.8, 4) is 0 Å². The van der Waals surface area contributed by atoms with Crippen molar-refractivity contribution in [3.63, 3.8) is 0 Å². The highest BCUT2D eigenvalue weighted by molar-refractivity contribution is 8.00. The van der Waals surface area contributed by atoms with Crippen LogP contribution in [0.3, 0.4) is 0 Å². The Morgan fingerprint density at radius 3 is 2.55 bits per heavy atom. The van der Waals surface area contributed by atoms with E-state index in [1.807, 2.05) is 35.2 Å². The van der Waals surface area contributed by atoms with Crippen molar-refractivity contribution >= 4 is 29.3 Å². The smallest absolute Gasteiger partial charge is 0.234 e. The summed E-state index contributed by atoms with van der Waals surface area (Å²) in [5.74, 6) is 0.702. The van der Waals surface area contributed by atoms with E-state index in [1.165, 1.54) is 11.8 Å². The lowest BCUT2D eigenvalue weighted by atomic mass is 10.3. The average Bonchev–Trinajstić information content (AvgIpc) is 2.49. The van der Waals surface area contributed by atoms with Crippen molar-refractivity contribution in [2.24, 2.45) is 0 Å². The van der Waals surface area contributed by atoms with E-state index in [1.54, 1.807) is 0 Å². The van der Waals surface area contributed by atoms with Crippen molar-refractivity contribution < 1.29 is 9.59 Å². The van der Waals surface area contributed by atoms with Crippen molar-refractivity contribution in [3.05, 3.63) is 30.3 Å². The van der Waals surface area contributed by atoms with Crippen LogP contribution in [0.2, 0.25) is 0 Å². The van der Waals surface area contributed by atoms with E-state index in [9.17, 15) is 9.59 Å². The zero-order valence-corrected chi connectivity index (χ0v) is 12.1. The van der Waals surface area contributed by atoms with E-state index in [2.05, 4.69) is 10.6 Å². The number of rotatable bonds is 5. The van der Waals surface area contributed by atoms with Crippen LogP contribution < -0.4 is 10.6 Å². The monoisotopic (exact) mass is 293 g/mol. The zero-order valence-electron chi connectivity index (χ0n) is 11.3. The molecular formula is C14H19N3O2S. The number of nitrogens with one attached hydrogen (secondary N) is 2. The molecule has 1 aromatic rings. The summed E-state index contributed by atoms with van der Waals surface area (Å²) in [6.45, 7) is 3.22. The van der Waals surface area contributed by atoms with E-state index in [4.69, 9.17) is 0 Å². The summed E-state index contributed by atoms with van der Waals surface area (Å²) in [5, 5.41) is 6.01. The molecule has 0 radical (unpaired) electrons. The highest BCUT2D eigenvalue weighted by Crippen LogP contribution is 2.08. The third kappa shape index (κ3) is 4.86. The molecule has 1 aromatic carbocycles. The summed E-state index contributed by atoms with van der Waals surface area (Å²) >= 11 is 1.36. The number of nitrogens with zero attached hydrogens (tertiary/aromatic N) is 1. The van der Waals surface area contributed by atoms with E-state index in [0.717, 1.165) is 31.9 Å². The Hall–Kier alpha value is -1.53. The van der Waals surface area contributed by atoms with Crippen LogP contribution in [0, 0.1) is 0 Å². The van der Waals surface area contributed by atoms with Gasteiger partial charge in [-0.15, -0.1) is 11.8 Å². The van der Waals surface area contributed by atoms with Gasteiger partial charge in [-0.3, -0.25) is 9.59 Å². The number of thioether (sulfide) groups is 1. The second kappa shape index (κ2) is 7.91. The minimum atomic E-state index is -0.0747. The molecule has 2 N–H and O–H groups in total. The summed E-state index contributed by atoms with van der Waals surface area (Å²) in [4.78, 5) is 25.4. The lowest BCUT2D eigenvalue weighted by molar-refractivity contribution is -0.128. The summed E-state index contributed by atoms with van der Waals surface area (Å²) in [5.41, 5.74) is 0.784. The fourth-order valence-corrected chi connectivity index (χ4v) is 2.67. The third-order valence-electron chi connectivity index (χ3n) is 2.99. The fraction of sp³-hybridized carbons (Fsp3) is 0.429. The molecule has 1 fully saturated rings. The Morgan fingerprint density at radius 1 is 1.15 bits per heavy atom. The fourth-order valence-electron chi connectivity index (χ4n) is 1.96. The standard InChI is InChI=1S/C14H19N3O2S/c18-13(16-12-4-2-1-3-5-12)10-20-11-14(19)17-8-6-15-7-9-17/h1-5,15H,6-11H2,(H,16,18). The predicted octanol–water partition coefficient (Wildman–Crippen LogP) is 0.790. The molecule has 1 heterocycles. The maximum atomic E-state index is 11.9. The molecule has 1 saturated heterocycles. The SMILES string of the molecule is O=C(CSCC(=O)N1CCNCC1)Nc1ccccc1. The Labute approximate surface area is 123 Å². The van der Waals surface area contributed by atoms with Crippen molar-refractivity contribution in [2.45, 2.75) is 0 Å². The van der Waals surface area contributed by atoms with E-state index >= 15 is 0 Å². The highest BCUT2D eigenvalue weighted by Gasteiger charge is 2.16. The molecular weight excluding hydrogens is 274 g/mol. The van der Waals surface area contributed by atoms with Gasteiger partial charge in [0, 0.05) is 31.9 Å². The van der Waals surface area contributed by atoms with Crippen LogP contribution in [-0.4, -0.2) is 54.4 Å². The molecule has 0 saturated carbocycles. The first kappa shape index (κ1) is 14.9. The van der Waals surface area contributed by atoms with Gasteiger partial charge in [0.2, 0.25) is 11.8 Å². The molecule has 20 heavy (non-hydrogen) atoms. The lowest BCUT2D eigenvalue weighted by Gasteiger charge is -2.27. The minimum Gasteiger partial charge on any atom is -0.339 e. The number of anilines is 1. The summed E-state index contributed by atoms with van der Waals surface area (Å²) in [6.07, 6.45) is 0. The molecule has 0 atom stereocenters. The van der Waals surface area contributed by atoms with Crippen LogP contribution in [0.4, 0.5) is 5.69 Å². The maximum Gasteiger partial charge on any atom is 0.234 e. The summed E-state index contributed by atoms with van der Waals surface area (Å²) in [7, 11) is 0. The number of benzene rings is 1. The summed E-state index contributed by atoms with van der Waals surface area (Å²) in [6, 6.07) is 9.33. The molecule has 2 rings (SSSR count). The molecule has 6 heteroatoms. The third-order valence-corrected chi connectivity index (χ3v) is 3.90. The van der Waals surface area contributed by atoms with E-state index in [0.29, 0.717) is 11.5 Å². The Morgan fingerprint density at radius 2 is 1.85 bits per heavy atom. The maximum absolute atomic E-state index is 11.9. The van der Waals surface area contributed by atoms with Gasteiger partial charge in [0.15, 0.2) is 0 Å². The van der Waals surface area contributed by atoms with Crippen molar-refractivity contribution in [2.75, 3.05) is 43.0 Å². The minimum absolute atomic E-state index is 0.0747. The van der Waals surface area contributed by atoms with Gasteiger partial charge < -0.3 is 15.5 Å². The van der Waals surface area contributed by atoms with E-state index in [-0.39, 0.29) is 11.8 Å². The Kier molecular flexibility index (Phi) is 5.88. The molecule has 0 spiro atoms. The topological polar surface area (TPSA) is 61.4 Å². The van der Waals surface area contributed by atoms with Gasteiger partial charge in [-0.25, -0.2) is 0 Å². The number of carbonyl (C=O) groups is 2. The van der Waals surface area contributed by atoms with Crippen LogP contribution in [0.25, 0.3) is 0 Å². The number of hydrogen-bond donors (Lipinski definition) is 2. The molecule has 0 aromatic heterocycles. The number of piperazine rings is 1. The van der Waals surface area contributed by atoms with Gasteiger partial charge in [-0.2, -0.15) is 0 Å². The number of carbonyl (C=O) groups excluding carboxylic acids is 2. The van der Waals surface area contributed by atoms with Crippen LogP contribution in [0.5, 0.6) is 0 Å². The quantitative estimate of drug-likeness (QED) is 0.842. The molecule has 2 amide bonds. The van der Waals surface area contributed by atoms with Gasteiger partial charge in [-0.1, -0.05) is 18.2 Å². The second-order valence-electron chi connectivity index (χ2n) is 4.54. The van der Waals surface area contributed by atoms with Gasteiger partial charge in [0.25, 0.3) is 0 Å². The van der Waals surface area contributed by atoms with Crippen LogP contribution in [-0.2, 0) is 9.59 Å². The molecule has 1 aliphatic heterocycles. The number of hydrogen-bond acceptors (Lipinski definition) is 4. The average molecular weight is 293 g/mol. The molecule has 1 aliphatic rings.